The topological polar surface area (TPSA) is 69.7 Å². The van der Waals surface area contributed by atoms with Gasteiger partial charge in [-0.25, -0.2) is 8.42 Å². The Hall–Kier alpha value is -2.38. The van der Waals surface area contributed by atoms with Crippen LogP contribution < -0.4 is 9.62 Å². The SMILES string of the molecule is Cc1cc(C)c(N(CC(=O)NCc2cccc(CN3CCCC3)c2)S(C)(=O)=O)c(C)c1. The van der Waals surface area contributed by atoms with Crippen LogP contribution in [-0.4, -0.2) is 45.1 Å². The second kappa shape index (κ2) is 9.83. The molecular formula is C24H33N3O3S. The zero-order valence-corrected chi connectivity index (χ0v) is 19.8. The number of nitrogens with zero attached hydrogens (tertiary/aromatic N) is 2. The number of anilines is 1. The number of aryl methyl sites for hydroxylation is 3. The van der Waals surface area contributed by atoms with E-state index in [0.29, 0.717) is 12.2 Å². The zero-order valence-electron chi connectivity index (χ0n) is 18.9. The molecule has 0 bridgehead atoms. The van der Waals surface area contributed by atoms with Gasteiger partial charge >= 0.3 is 0 Å². The lowest BCUT2D eigenvalue weighted by Crippen LogP contribution is -2.40. The van der Waals surface area contributed by atoms with Crippen molar-refractivity contribution < 1.29 is 13.2 Å². The summed E-state index contributed by atoms with van der Waals surface area (Å²) in [7, 11) is -3.61. The van der Waals surface area contributed by atoms with E-state index in [9.17, 15) is 13.2 Å². The van der Waals surface area contributed by atoms with Gasteiger partial charge in [-0.1, -0.05) is 42.0 Å². The number of hydrogen-bond acceptors (Lipinski definition) is 4. The average Bonchev–Trinajstić information content (AvgIpc) is 3.17. The molecule has 1 aliphatic heterocycles. The molecule has 1 saturated heterocycles. The Morgan fingerprint density at radius 1 is 1.03 bits per heavy atom. The van der Waals surface area contributed by atoms with Crippen LogP contribution in [0, 0.1) is 20.8 Å². The molecule has 1 aliphatic rings. The lowest BCUT2D eigenvalue weighted by molar-refractivity contribution is -0.119. The molecule has 1 fully saturated rings. The van der Waals surface area contributed by atoms with Crippen molar-refractivity contribution in [3.8, 4) is 0 Å². The zero-order chi connectivity index (χ0) is 22.6. The van der Waals surface area contributed by atoms with E-state index in [2.05, 4.69) is 22.3 Å². The summed E-state index contributed by atoms with van der Waals surface area (Å²) < 4.78 is 26.2. The minimum atomic E-state index is -3.61. The summed E-state index contributed by atoms with van der Waals surface area (Å²) in [6.07, 6.45) is 3.65. The molecule has 0 aromatic heterocycles. The maximum absolute atomic E-state index is 12.7. The Balaban J connectivity index is 1.67. The van der Waals surface area contributed by atoms with Gasteiger partial charge in [-0.2, -0.15) is 0 Å². The molecule has 1 N–H and O–H groups in total. The average molecular weight is 444 g/mol. The van der Waals surface area contributed by atoms with Gasteiger partial charge in [0, 0.05) is 13.1 Å². The van der Waals surface area contributed by atoms with Crippen molar-refractivity contribution in [2.24, 2.45) is 0 Å². The number of hydrogen-bond donors (Lipinski definition) is 1. The maximum atomic E-state index is 12.7. The third kappa shape index (κ3) is 6.31. The lowest BCUT2D eigenvalue weighted by atomic mass is 10.1. The van der Waals surface area contributed by atoms with E-state index >= 15 is 0 Å². The van der Waals surface area contributed by atoms with Crippen molar-refractivity contribution in [2.45, 2.75) is 46.7 Å². The molecule has 2 aromatic carbocycles. The van der Waals surface area contributed by atoms with Crippen molar-refractivity contribution >= 4 is 21.6 Å². The number of rotatable bonds is 8. The fourth-order valence-corrected chi connectivity index (χ4v) is 5.32. The summed E-state index contributed by atoms with van der Waals surface area (Å²) in [5.74, 6) is -0.324. The standard InChI is InChI=1S/C24H33N3O3S/c1-18-12-19(2)24(20(3)13-18)27(31(4,29)30)17-23(28)25-15-21-8-7-9-22(14-21)16-26-10-5-6-11-26/h7-9,12-14H,5-6,10-11,15-17H2,1-4H3,(H,25,28). The van der Waals surface area contributed by atoms with Crippen LogP contribution in [0.4, 0.5) is 5.69 Å². The van der Waals surface area contributed by atoms with Gasteiger partial charge < -0.3 is 5.32 Å². The first kappa shape index (κ1) is 23.3. The fraction of sp³-hybridized carbons (Fsp3) is 0.458. The predicted octanol–water partition coefficient (Wildman–Crippen LogP) is 3.29. The summed E-state index contributed by atoms with van der Waals surface area (Å²) in [6.45, 7) is 9.05. The number of carbonyl (C=O) groups excluding carboxylic acids is 1. The summed E-state index contributed by atoms with van der Waals surface area (Å²) in [5, 5.41) is 2.88. The van der Waals surface area contributed by atoms with E-state index in [1.807, 2.05) is 45.0 Å². The molecule has 0 radical (unpaired) electrons. The summed E-state index contributed by atoms with van der Waals surface area (Å²) >= 11 is 0. The number of sulfonamides is 1. The van der Waals surface area contributed by atoms with Crippen LogP contribution in [0.2, 0.25) is 0 Å². The highest BCUT2D eigenvalue weighted by molar-refractivity contribution is 7.92. The lowest BCUT2D eigenvalue weighted by Gasteiger charge is -2.26. The molecule has 0 saturated carbocycles. The van der Waals surface area contributed by atoms with Crippen molar-refractivity contribution in [1.82, 2.24) is 10.2 Å². The van der Waals surface area contributed by atoms with Gasteiger partial charge in [-0.15, -0.1) is 0 Å². The molecule has 31 heavy (non-hydrogen) atoms. The van der Waals surface area contributed by atoms with Gasteiger partial charge in [0.15, 0.2) is 0 Å². The highest BCUT2D eigenvalue weighted by Gasteiger charge is 2.24. The Morgan fingerprint density at radius 2 is 1.65 bits per heavy atom. The van der Waals surface area contributed by atoms with E-state index in [0.717, 1.165) is 48.1 Å². The van der Waals surface area contributed by atoms with E-state index in [4.69, 9.17) is 0 Å². The van der Waals surface area contributed by atoms with Crippen LogP contribution in [0.5, 0.6) is 0 Å². The van der Waals surface area contributed by atoms with Gasteiger partial charge in [-0.05, 0) is 69.0 Å². The first-order chi connectivity index (χ1) is 14.6. The predicted molar refractivity (Wildman–Crippen MR) is 126 cm³/mol. The van der Waals surface area contributed by atoms with E-state index < -0.39 is 10.0 Å². The van der Waals surface area contributed by atoms with E-state index in [1.54, 1.807) is 0 Å². The molecule has 2 aromatic rings. The molecule has 3 rings (SSSR count). The van der Waals surface area contributed by atoms with Gasteiger partial charge in [0.25, 0.3) is 0 Å². The molecule has 1 heterocycles. The van der Waals surface area contributed by atoms with Gasteiger partial charge in [0.2, 0.25) is 15.9 Å². The monoisotopic (exact) mass is 443 g/mol. The van der Waals surface area contributed by atoms with Crippen molar-refractivity contribution in [1.29, 1.82) is 0 Å². The molecule has 0 unspecified atom stereocenters. The fourth-order valence-electron chi connectivity index (χ4n) is 4.35. The Labute approximate surface area is 186 Å². The van der Waals surface area contributed by atoms with Crippen LogP contribution in [0.15, 0.2) is 36.4 Å². The Kier molecular flexibility index (Phi) is 7.38. The second-order valence-corrected chi connectivity index (χ2v) is 10.5. The van der Waals surface area contributed by atoms with Crippen molar-refractivity contribution in [2.75, 3.05) is 30.2 Å². The highest BCUT2D eigenvalue weighted by Crippen LogP contribution is 2.28. The van der Waals surface area contributed by atoms with Gasteiger partial charge in [0.1, 0.15) is 6.54 Å². The van der Waals surface area contributed by atoms with Gasteiger partial charge in [-0.3, -0.25) is 14.0 Å². The third-order valence-electron chi connectivity index (χ3n) is 5.66. The van der Waals surface area contributed by atoms with E-state index in [-0.39, 0.29) is 12.5 Å². The van der Waals surface area contributed by atoms with Crippen molar-refractivity contribution in [3.63, 3.8) is 0 Å². The molecule has 7 heteroatoms. The molecule has 6 nitrogen and oxygen atoms in total. The Bertz CT molecular complexity index is 1020. The molecule has 0 aliphatic carbocycles. The number of carbonyl (C=O) groups is 1. The van der Waals surface area contributed by atoms with Crippen molar-refractivity contribution in [3.05, 3.63) is 64.2 Å². The number of benzene rings is 2. The summed E-state index contributed by atoms with van der Waals surface area (Å²) in [5.41, 5.74) is 5.56. The minimum Gasteiger partial charge on any atom is -0.350 e. The van der Waals surface area contributed by atoms with E-state index in [1.165, 1.54) is 22.7 Å². The number of nitrogens with one attached hydrogen (secondary N) is 1. The first-order valence-corrected chi connectivity index (χ1v) is 12.6. The van der Waals surface area contributed by atoms with Crippen LogP contribution in [-0.2, 0) is 27.9 Å². The third-order valence-corrected chi connectivity index (χ3v) is 6.77. The molecular weight excluding hydrogens is 410 g/mol. The van der Waals surface area contributed by atoms with Crippen LogP contribution in [0.25, 0.3) is 0 Å². The smallest absolute Gasteiger partial charge is 0.241 e. The molecule has 168 valence electrons. The number of likely N-dealkylation sites (tertiary alicyclic amines) is 1. The quantitative estimate of drug-likeness (QED) is 0.680. The summed E-state index contributed by atoms with van der Waals surface area (Å²) in [4.78, 5) is 15.1. The normalized spacial score (nSPS) is 14.6. The first-order valence-electron chi connectivity index (χ1n) is 10.8. The molecule has 0 atom stereocenters. The van der Waals surface area contributed by atoms with Crippen LogP contribution in [0.1, 0.15) is 40.7 Å². The summed E-state index contributed by atoms with van der Waals surface area (Å²) in [6, 6.07) is 12.1. The van der Waals surface area contributed by atoms with Crippen LogP contribution in [0.3, 0.4) is 0 Å². The second-order valence-electron chi connectivity index (χ2n) is 8.60. The maximum Gasteiger partial charge on any atom is 0.241 e. The largest absolute Gasteiger partial charge is 0.350 e. The van der Waals surface area contributed by atoms with Crippen LogP contribution >= 0.6 is 0 Å². The minimum absolute atomic E-state index is 0.239. The Morgan fingerprint density at radius 3 is 2.26 bits per heavy atom. The highest BCUT2D eigenvalue weighted by atomic mass is 32.2. The molecule has 1 amide bonds. The number of amides is 1. The van der Waals surface area contributed by atoms with Gasteiger partial charge in [0.05, 0.1) is 11.9 Å². The molecule has 0 spiro atoms.